The molecule has 0 atom stereocenters. The zero-order valence-electron chi connectivity index (χ0n) is 10.2. The van der Waals surface area contributed by atoms with E-state index in [-0.39, 0.29) is 17.3 Å². The lowest BCUT2D eigenvalue weighted by Gasteiger charge is -2.09. The summed E-state index contributed by atoms with van der Waals surface area (Å²) in [7, 11) is 0. The second kappa shape index (κ2) is 4.63. The molecule has 0 bridgehead atoms. The molecule has 6 nitrogen and oxygen atoms in total. The van der Waals surface area contributed by atoms with Gasteiger partial charge in [0.2, 0.25) is 5.95 Å². The van der Waals surface area contributed by atoms with Crippen molar-refractivity contribution in [3.8, 4) is 23.4 Å². The Balaban J connectivity index is 2.79. The molecule has 1 aromatic carbocycles. The third kappa shape index (κ3) is 2.15. The molecule has 0 aliphatic heterocycles. The van der Waals surface area contributed by atoms with E-state index in [2.05, 4.69) is 9.97 Å². The lowest BCUT2D eigenvalue weighted by Crippen LogP contribution is -2.05. The summed E-state index contributed by atoms with van der Waals surface area (Å²) in [6.45, 7) is 1.85. The maximum atomic E-state index is 9.15. The summed E-state index contributed by atoms with van der Waals surface area (Å²) in [6.07, 6.45) is 0. The smallest absolute Gasteiger partial charge is 0.222 e. The molecule has 2 rings (SSSR count). The van der Waals surface area contributed by atoms with Crippen molar-refractivity contribution in [3.05, 3.63) is 34.9 Å². The highest BCUT2D eigenvalue weighted by Crippen LogP contribution is 2.28. The first-order valence-corrected chi connectivity index (χ1v) is 5.41. The second-order valence-corrected chi connectivity index (χ2v) is 3.94. The molecule has 0 spiro atoms. The van der Waals surface area contributed by atoms with Crippen LogP contribution in [0.5, 0.6) is 0 Å². The molecule has 92 valence electrons. The molecule has 0 saturated heterocycles. The Morgan fingerprint density at radius 2 is 1.84 bits per heavy atom. The van der Waals surface area contributed by atoms with Gasteiger partial charge < -0.3 is 11.5 Å². The van der Waals surface area contributed by atoms with Gasteiger partial charge in [-0.15, -0.1) is 0 Å². The minimum Gasteiger partial charge on any atom is -0.382 e. The Labute approximate surface area is 109 Å². The number of anilines is 2. The van der Waals surface area contributed by atoms with Crippen LogP contribution in [0.15, 0.2) is 18.2 Å². The van der Waals surface area contributed by atoms with Gasteiger partial charge in [0, 0.05) is 5.56 Å². The van der Waals surface area contributed by atoms with Crippen molar-refractivity contribution in [1.82, 2.24) is 9.97 Å². The molecule has 0 amide bonds. The highest BCUT2D eigenvalue weighted by molar-refractivity contribution is 5.75. The number of rotatable bonds is 1. The zero-order valence-corrected chi connectivity index (χ0v) is 10.2. The fraction of sp³-hybridized carbons (Fsp3) is 0.0769. The molecule has 1 aromatic heterocycles. The van der Waals surface area contributed by atoms with Gasteiger partial charge in [-0.2, -0.15) is 15.5 Å². The standard InChI is InChI=1S/C13H10N6/c1-7-2-3-8(5-14)4-9(7)11-10(6-15)12(16)19-13(17)18-11/h2-4H,1H3,(H4,16,17,18,19). The Morgan fingerprint density at radius 3 is 2.47 bits per heavy atom. The first kappa shape index (κ1) is 12.3. The minimum absolute atomic E-state index is 0.00624. The molecule has 0 unspecified atom stereocenters. The third-order valence-electron chi connectivity index (χ3n) is 2.69. The van der Waals surface area contributed by atoms with Crippen LogP contribution >= 0.6 is 0 Å². The normalized spacial score (nSPS) is 9.63. The number of aromatic nitrogens is 2. The SMILES string of the molecule is Cc1ccc(C#N)cc1-c1nc(N)nc(N)c1C#N. The van der Waals surface area contributed by atoms with Crippen molar-refractivity contribution in [2.45, 2.75) is 6.92 Å². The molecule has 0 aliphatic rings. The molecule has 4 N–H and O–H groups in total. The Kier molecular flexibility index (Phi) is 3.01. The van der Waals surface area contributed by atoms with Gasteiger partial charge in [-0.3, -0.25) is 0 Å². The van der Waals surface area contributed by atoms with E-state index in [4.69, 9.17) is 22.0 Å². The molecule has 2 aromatic rings. The van der Waals surface area contributed by atoms with Crippen LogP contribution < -0.4 is 11.5 Å². The maximum absolute atomic E-state index is 9.15. The number of nitrogens with two attached hydrogens (primary N) is 2. The van der Waals surface area contributed by atoms with E-state index < -0.39 is 0 Å². The topological polar surface area (TPSA) is 125 Å². The fourth-order valence-corrected chi connectivity index (χ4v) is 1.75. The van der Waals surface area contributed by atoms with Crippen molar-refractivity contribution in [3.63, 3.8) is 0 Å². The summed E-state index contributed by atoms with van der Waals surface area (Å²) in [6, 6.07) is 9.13. The largest absolute Gasteiger partial charge is 0.382 e. The van der Waals surface area contributed by atoms with Gasteiger partial charge in [0.05, 0.1) is 17.3 Å². The quantitative estimate of drug-likeness (QED) is 0.786. The van der Waals surface area contributed by atoms with Gasteiger partial charge in [0.1, 0.15) is 17.5 Å². The minimum atomic E-state index is -0.00624. The highest BCUT2D eigenvalue weighted by atomic mass is 15.0. The molecule has 19 heavy (non-hydrogen) atoms. The van der Waals surface area contributed by atoms with Crippen molar-refractivity contribution in [2.24, 2.45) is 0 Å². The van der Waals surface area contributed by atoms with E-state index in [1.54, 1.807) is 18.2 Å². The predicted molar refractivity (Wildman–Crippen MR) is 70.5 cm³/mol. The van der Waals surface area contributed by atoms with Gasteiger partial charge in [-0.25, -0.2) is 4.98 Å². The Hall–Kier alpha value is -3.12. The van der Waals surface area contributed by atoms with Crippen LogP contribution in [0.1, 0.15) is 16.7 Å². The van der Waals surface area contributed by atoms with Crippen molar-refractivity contribution in [1.29, 1.82) is 10.5 Å². The van der Waals surface area contributed by atoms with Crippen LogP contribution in [0.3, 0.4) is 0 Å². The molecule has 0 aliphatic carbocycles. The van der Waals surface area contributed by atoms with Crippen LogP contribution in [-0.4, -0.2) is 9.97 Å². The summed E-state index contributed by atoms with van der Waals surface area (Å²) < 4.78 is 0. The number of nitrogens with zero attached hydrogens (tertiary/aromatic N) is 4. The summed E-state index contributed by atoms with van der Waals surface area (Å²) >= 11 is 0. The lowest BCUT2D eigenvalue weighted by atomic mass is 9.99. The van der Waals surface area contributed by atoms with Crippen molar-refractivity contribution < 1.29 is 0 Å². The van der Waals surface area contributed by atoms with Crippen LogP contribution in [0.25, 0.3) is 11.3 Å². The number of aryl methyl sites for hydroxylation is 1. The summed E-state index contributed by atoms with van der Waals surface area (Å²) in [4.78, 5) is 7.83. The van der Waals surface area contributed by atoms with Gasteiger partial charge in [-0.05, 0) is 24.6 Å². The maximum Gasteiger partial charge on any atom is 0.222 e. The van der Waals surface area contributed by atoms with E-state index in [0.717, 1.165) is 5.56 Å². The van der Waals surface area contributed by atoms with Crippen LogP contribution in [0.4, 0.5) is 11.8 Å². The molecular weight excluding hydrogens is 240 g/mol. The summed E-state index contributed by atoms with van der Waals surface area (Å²) in [5, 5.41) is 18.1. The fourth-order valence-electron chi connectivity index (χ4n) is 1.75. The molecule has 0 radical (unpaired) electrons. The van der Waals surface area contributed by atoms with E-state index in [0.29, 0.717) is 16.8 Å². The number of nitrogen functional groups attached to an aromatic ring is 2. The lowest BCUT2D eigenvalue weighted by molar-refractivity contribution is 1.18. The van der Waals surface area contributed by atoms with Crippen molar-refractivity contribution in [2.75, 3.05) is 11.5 Å². The summed E-state index contributed by atoms with van der Waals surface area (Å²) in [5.74, 6) is 0.0278. The molecular formula is C13H10N6. The molecule has 6 heteroatoms. The first-order valence-electron chi connectivity index (χ1n) is 5.41. The number of nitriles is 2. The Bertz CT molecular complexity index is 736. The average Bonchev–Trinajstić information content (AvgIpc) is 2.38. The highest BCUT2D eigenvalue weighted by Gasteiger charge is 2.15. The van der Waals surface area contributed by atoms with Crippen LogP contribution in [0.2, 0.25) is 0 Å². The first-order chi connectivity index (χ1) is 9.06. The molecule has 1 heterocycles. The third-order valence-corrected chi connectivity index (χ3v) is 2.69. The number of hydrogen-bond donors (Lipinski definition) is 2. The number of hydrogen-bond acceptors (Lipinski definition) is 6. The van der Waals surface area contributed by atoms with Crippen LogP contribution in [-0.2, 0) is 0 Å². The van der Waals surface area contributed by atoms with E-state index >= 15 is 0 Å². The second-order valence-electron chi connectivity index (χ2n) is 3.94. The molecule has 0 fully saturated rings. The van der Waals surface area contributed by atoms with Crippen molar-refractivity contribution >= 4 is 11.8 Å². The van der Waals surface area contributed by atoms with Gasteiger partial charge in [0.15, 0.2) is 0 Å². The number of benzene rings is 1. The zero-order chi connectivity index (χ0) is 14.0. The van der Waals surface area contributed by atoms with E-state index in [1.807, 2.05) is 19.1 Å². The average molecular weight is 250 g/mol. The summed E-state index contributed by atoms with van der Waals surface area (Å²) in [5.41, 5.74) is 13.7. The molecule has 0 saturated carbocycles. The van der Waals surface area contributed by atoms with Crippen LogP contribution in [0, 0.1) is 29.6 Å². The predicted octanol–water partition coefficient (Wildman–Crippen LogP) is 1.36. The van der Waals surface area contributed by atoms with E-state index in [1.165, 1.54) is 0 Å². The van der Waals surface area contributed by atoms with Gasteiger partial charge >= 0.3 is 0 Å². The monoisotopic (exact) mass is 250 g/mol. The van der Waals surface area contributed by atoms with E-state index in [9.17, 15) is 0 Å². The Morgan fingerprint density at radius 1 is 1.11 bits per heavy atom. The van der Waals surface area contributed by atoms with Gasteiger partial charge in [-0.1, -0.05) is 6.07 Å². The van der Waals surface area contributed by atoms with Gasteiger partial charge in [0.25, 0.3) is 0 Å².